The highest BCUT2D eigenvalue weighted by atomic mass is 32.2. The second-order valence-electron chi connectivity index (χ2n) is 7.14. The van der Waals surface area contributed by atoms with E-state index in [2.05, 4.69) is 35.4 Å². The predicted molar refractivity (Wildman–Crippen MR) is 125 cm³/mol. The second-order valence-corrected chi connectivity index (χ2v) is 9.09. The molecule has 0 aliphatic heterocycles. The van der Waals surface area contributed by atoms with Crippen LogP contribution in [0.3, 0.4) is 0 Å². The summed E-state index contributed by atoms with van der Waals surface area (Å²) in [5, 5.41) is 16.0. The van der Waals surface area contributed by atoms with Crippen molar-refractivity contribution < 1.29 is 8.42 Å². The van der Waals surface area contributed by atoms with Crippen LogP contribution in [0.2, 0.25) is 0 Å². The molecule has 0 saturated carbocycles. The van der Waals surface area contributed by atoms with E-state index in [1.165, 1.54) is 17.7 Å². The van der Waals surface area contributed by atoms with E-state index in [1.54, 1.807) is 16.7 Å². The molecule has 0 unspecified atom stereocenters. The molecule has 0 atom stereocenters. The zero-order valence-corrected chi connectivity index (χ0v) is 18.6. The van der Waals surface area contributed by atoms with Gasteiger partial charge < -0.3 is 5.32 Å². The van der Waals surface area contributed by atoms with E-state index in [-0.39, 0.29) is 4.90 Å². The first-order valence-corrected chi connectivity index (χ1v) is 11.4. The van der Waals surface area contributed by atoms with Crippen LogP contribution in [-0.4, -0.2) is 23.2 Å². The van der Waals surface area contributed by atoms with Gasteiger partial charge in [-0.25, -0.2) is 13.6 Å². The summed E-state index contributed by atoms with van der Waals surface area (Å²) in [6.45, 7) is 4.15. The molecule has 0 amide bonds. The number of nitrogens with two attached hydrogens (primary N) is 1. The molecule has 0 radical (unpaired) electrons. The van der Waals surface area contributed by atoms with Crippen LogP contribution in [-0.2, 0) is 10.0 Å². The Bertz CT molecular complexity index is 1420. The van der Waals surface area contributed by atoms with E-state index >= 15 is 0 Å². The van der Waals surface area contributed by atoms with Gasteiger partial charge in [0.15, 0.2) is 10.6 Å². The molecule has 3 aromatic carbocycles. The van der Waals surface area contributed by atoms with Gasteiger partial charge in [0, 0.05) is 16.9 Å². The van der Waals surface area contributed by atoms with Crippen molar-refractivity contribution in [2.45, 2.75) is 18.7 Å². The molecular weight excluding hydrogens is 430 g/mol. The highest BCUT2D eigenvalue weighted by Crippen LogP contribution is 2.32. The Balaban J connectivity index is 1.81. The van der Waals surface area contributed by atoms with Crippen LogP contribution < -0.4 is 10.5 Å². The molecule has 0 spiro atoms. The average molecular weight is 452 g/mol. The Morgan fingerprint density at radius 2 is 1.65 bits per heavy atom. The molecule has 9 heteroatoms. The number of benzene rings is 3. The number of para-hydroxylation sites is 1. The number of nitrogens with one attached hydrogen (secondary N) is 2. The number of rotatable bonds is 5. The molecule has 7 nitrogen and oxygen atoms in total. The molecule has 0 bridgehead atoms. The minimum absolute atomic E-state index is 0.0322. The quantitative estimate of drug-likeness (QED) is 0.384. The van der Waals surface area contributed by atoms with E-state index < -0.39 is 10.0 Å². The number of hydrogen-bond acceptors (Lipinski definition) is 5. The van der Waals surface area contributed by atoms with Crippen LogP contribution in [0.5, 0.6) is 0 Å². The van der Waals surface area contributed by atoms with Gasteiger partial charge in [0.05, 0.1) is 10.6 Å². The fraction of sp³-hybridized carbons (Fsp3) is 0.0909. The second kappa shape index (κ2) is 8.10. The first kappa shape index (κ1) is 21.0. The summed E-state index contributed by atoms with van der Waals surface area (Å²) in [5.41, 5.74) is 5.74. The van der Waals surface area contributed by atoms with Gasteiger partial charge in [0.1, 0.15) is 0 Å². The largest absolute Gasteiger partial charge is 0.355 e. The standard InChI is InChI=1S/C22H21N5O2S2/c1-14-6-5-9-19(15(14)2)24-20-8-4-3-7-18(20)21-25-26-22(30)27(21)16-10-12-17(13-11-16)31(23,28)29/h3-13,24H,1-2H3,(H,26,30)(H2,23,28,29). The molecule has 4 aromatic rings. The molecule has 0 aliphatic rings. The van der Waals surface area contributed by atoms with Gasteiger partial charge in [0.2, 0.25) is 10.0 Å². The summed E-state index contributed by atoms with van der Waals surface area (Å²) in [7, 11) is -3.78. The number of aromatic amines is 1. The van der Waals surface area contributed by atoms with E-state index in [0.717, 1.165) is 22.5 Å². The Kier molecular flexibility index (Phi) is 5.48. The van der Waals surface area contributed by atoms with Gasteiger partial charge in [-0.1, -0.05) is 24.3 Å². The molecule has 1 heterocycles. The van der Waals surface area contributed by atoms with Crippen molar-refractivity contribution in [1.82, 2.24) is 14.8 Å². The molecule has 0 saturated heterocycles. The van der Waals surface area contributed by atoms with Crippen LogP contribution in [0, 0.1) is 18.6 Å². The fourth-order valence-electron chi connectivity index (χ4n) is 3.32. The Morgan fingerprint density at radius 3 is 2.35 bits per heavy atom. The number of aromatic nitrogens is 3. The van der Waals surface area contributed by atoms with E-state index in [9.17, 15) is 8.42 Å². The van der Waals surface area contributed by atoms with Crippen molar-refractivity contribution >= 4 is 33.6 Å². The maximum absolute atomic E-state index is 11.6. The maximum Gasteiger partial charge on any atom is 0.238 e. The first-order valence-electron chi connectivity index (χ1n) is 9.49. The van der Waals surface area contributed by atoms with Crippen LogP contribution in [0.25, 0.3) is 17.1 Å². The highest BCUT2D eigenvalue weighted by Gasteiger charge is 2.16. The molecular formula is C22H21N5O2S2. The molecule has 31 heavy (non-hydrogen) atoms. The van der Waals surface area contributed by atoms with Crippen LogP contribution in [0.1, 0.15) is 11.1 Å². The van der Waals surface area contributed by atoms with Crippen molar-refractivity contribution in [3.8, 4) is 17.1 Å². The lowest BCUT2D eigenvalue weighted by Gasteiger charge is -2.15. The number of primary sulfonamides is 1. The van der Waals surface area contributed by atoms with Crippen molar-refractivity contribution in [3.05, 3.63) is 82.6 Å². The van der Waals surface area contributed by atoms with E-state index in [4.69, 9.17) is 17.4 Å². The third-order valence-corrected chi connectivity index (χ3v) is 6.34. The van der Waals surface area contributed by atoms with Gasteiger partial charge in [-0.15, -0.1) is 0 Å². The minimum Gasteiger partial charge on any atom is -0.355 e. The first-order chi connectivity index (χ1) is 14.8. The summed E-state index contributed by atoms with van der Waals surface area (Å²) < 4.78 is 25.3. The molecule has 1 aromatic heterocycles. The number of sulfonamides is 1. The Hall–Kier alpha value is -3.27. The van der Waals surface area contributed by atoms with E-state index in [1.807, 2.05) is 36.4 Å². The van der Waals surface area contributed by atoms with Gasteiger partial charge in [-0.3, -0.25) is 9.67 Å². The summed E-state index contributed by atoms with van der Waals surface area (Å²) in [6, 6.07) is 20.1. The van der Waals surface area contributed by atoms with Gasteiger partial charge in [0.25, 0.3) is 0 Å². The summed E-state index contributed by atoms with van der Waals surface area (Å²) in [5.74, 6) is 0.599. The summed E-state index contributed by atoms with van der Waals surface area (Å²) in [6.07, 6.45) is 0. The normalized spacial score (nSPS) is 11.5. The lowest BCUT2D eigenvalue weighted by molar-refractivity contribution is 0.598. The summed E-state index contributed by atoms with van der Waals surface area (Å²) >= 11 is 5.45. The lowest BCUT2D eigenvalue weighted by Crippen LogP contribution is -2.12. The number of H-pyrrole nitrogens is 1. The van der Waals surface area contributed by atoms with Crippen molar-refractivity contribution in [2.75, 3.05) is 5.32 Å². The topological polar surface area (TPSA) is 106 Å². The van der Waals surface area contributed by atoms with Crippen molar-refractivity contribution in [1.29, 1.82) is 0 Å². The van der Waals surface area contributed by atoms with Gasteiger partial charge >= 0.3 is 0 Å². The summed E-state index contributed by atoms with van der Waals surface area (Å²) in [4.78, 5) is 0.0322. The van der Waals surface area contributed by atoms with Gasteiger partial charge in [-0.05, 0) is 79.7 Å². The zero-order chi connectivity index (χ0) is 22.2. The van der Waals surface area contributed by atoms with Crippen LogP contribution in [0.15, 0.2) is 71.6 Å². The molecule has 4 rings (SSSR count). The number of nitrogens with zero attached hydrogens (tertiary/aromatic N) is 2. The molecule has 158 valence electrons. The number of aryl methyl sites for hydroxylation is 1. The Labute approximate surface area is 185 Å². The Morgan fingerprint density at radius 1 is 0.968 bits per heavy atom. The number of hydrogen-bond donors (Lipinski definition) is 3. The third kappa shape index (κ3) is 4.15. The van der Waals surface area contributed by atoms with Crippen molar-refractivity contribution in [2.24, 2.45) is 5.14 Å². The van der Waals surface area contributed by atoms with Crippen LogP contribution >= 0.6 is 12.2 Å². The molecule has 0 aliphatic carbocycles. The fourth-order valence-corrected chi connectivity index (χ4v) is 4.07. The smallest absolute Gasteiger partial charge is 0.238 e. The SMILES string of the molecule is Cc1cccc(Nc2ccccc2-c2n[nH]c(=S)n2-c2ccc(S(N)(=O)=O)cc2)c1C. The predicted octanol–water partition coefficient (Wildman–Crippen LogP) is 4.60. The lowest BCUT2D eigenvalue weighted by atomic mass is 10.1. The molecule has 0 fully saturated rings. The van der Waals surface area contributed by atoms with E-state index in [0.29, 0.717) is 16.3 Å². The highest BCUT2D eigenvalue weighted by molar-refractivity contribution is 7.89. The maximum atomic E-state index is 11.6. The molecule has 4 N–H and O–H groups in total. The third-order valence-electron chi connectivity index (χ3n) is 5.14. The van der Waals surface area contributed by atoms with Crippen molar-refractivity contribution in [3.63, 3.8) is 0 Å². The van der Waals surface area contributed by atoms with Crippen LogP contribution in [0.4, 0.5) is 11.4 Å². The zero-order valence-electron chi connectivity index (χ0n) is 17.0. The monoisotopic (exact) mass is 451 g/mol. The van der Waals surface area contributed by atoms with Gasteiger partial charge in [-0.2, -0.15) is 5.10 Å². The minimum atomic E-state index is -3.78. The number of anilines is 2. The average Bonchev–Trinajstić information content (AvgIpc) is 3.12.